The summed E-state index contributed by atoms with van der Waals surface area (Å²) in [6, 6.07) is 0. The van der Waals surface area contributed by atoms with E-state index in [9.17, 15) is 10.1 Å². The van der Waals surface area contributed by atoms with Gasteiger partial charge in [-0.2, -0.15) is 5.10 Å². The van der Waals surface area contributed by atoms with E-state index >= 15 is 0 Å². The zero-order chi connectivity index (χ0) is 9.97. The highest BCUT2D eigenvalue weighted by Gasteiger charge is 2.25. The van der Waals surface area contributed by atoms with Crippen molar-refractivity contribution in [1.82, 2.24) is 15.5 Å². The number of aromatic nitrogens is 2. The van der Waals surface area contributed by atoms with Crippen molar-refractivity contribution in [2.24, 2.45) is 0 Å². The number of hydrogen-bond donors (Lipinski definition) is 2. The summed E-state index contributed by atoms with van der Waals surface area (Å²) in [5.74, 6) is 0.249. The van der Waals surface area contributed by atoms with Gasteiger partial charge in [0.05, 0.1) is 4.92 Å². The van der Waals surface area contributed by atoms with Crippen molar-refractivity contribution in [3.63, 3.8) is 0 Å². The van der Waals surface area contributed by atoms with Crippen LogP contribution in [0.1, 0.15) is 24.5 Å². The largest absolute Gasteiger partial charge is 0.317 e. The molecule has 0 bridgehead atoms. The molecule has 1 aliphatic heterocycles. The van der Waals surface area contributed by atoms with Gasteiger partial charge in [0.25, 0.3) is 0 Å². The first-order valence-corrected chi connectivity index (χ1v) is 4.67. The molecule has 0 aliphatic carbocycles. The Morgan fingerprint density at radius 1 is 1.50 bits per heavy atom. The lowest BCUT2D eigenvalue weighted by molar-refractivity contribution is -0.385. The third kappa shape index (κ3) is 1.60. The van der Waals surface area contributed by atoms with E-state index in [-0.39, 0.29) is 16.5 Å². The zero-order valence-electron chi connectivity index (χ0n) is 7.69. The van der Waals surface area contributed by atoms with Crippen LogP contribution in [-0.2, 0) is 0 Å². The van der Waals surface area contributed by atoms with Crippen molar-refractivity contribution < 1.29 is 4.92 Å². The van der Waals surface area contributed by atoms with Crippen LogP contribution in [0.25, 0.3) is 0 Å². The minimum Gasteiger partial charge on any atom is -0.317 e. The number of piperidine rings is 1. The Balaban J connectivity index is 2.21. The van der Waals surface area contributed by atoms with E-state index in [1.807, 2.05) is 0 Å². The third-order valence-corrected chi connectivity index (χ3v) is 2.59. The number of aromatic amines is 1. The predicted molar refractivity (Wildman–Crippen MR) is 50.1 cm³/mol. The van der Waals surface area contributed by atoms with Crippen LogP contribution in [0.4, 0.5) is 5.69 Å². The minimum atomic E-state index is -0.374. The summed E-state index contributed by atoms with van der Waals surface area (Å²) in [4.78, 5) is 10.3. The first kappa shape index (κ1) is 9.14. The third-order valence-electron chi connectivity index (χ3n) is 2.59. The molecule has 0 saturated carbocycles. The number of rotatable bonds is 2. The summed E-state index contributed by atoms with van der Waals surface area (Å²) in [7, 11) is 0. The maximum Gasteiger partial charge on any atom is 0.310 e. The molecule has 0 amide bonds. The lowest BCUT2D eigenvalue weighted by atomic mass is 9.94. The van der Waals surface area contributed by atoms with Crippen molar-refractivity contribution in [1.29, 1.82) is 0 Å². The average Bonchev–Trinajstić information content (AvgIpc) is 2.67. The van der Waals surface area contributed by atoms with Gasteiger partial charge in [-0.05, 0) is 25.9 Å². The van der Waals surface area contributed by atoms with E-state index in [1.165, 1.54) is 6.20 Å². The topological polar surface area (TPSA) is 83.8 Å². The van der Waals surface area contributed by atoms with Crippen LogP contribution >= 0.6 is 0 Å². The van der Waals surface area contributed by atoms with Gasteiger partial charge in [0.2, 0.25) is 0 Å². The van der Waals surface area contributed by atoms with Gasteiger partial charge in [-0.3, -0.25) is 15.2 Å². The molecule has 0 spiro atoms. The lowest BCUT2D eigenvalue weighted by Gasteiger charge is -2.20. The quantitative estimate of drug-likeness (QED) is 0.541. The highest BCUT2D eigenvalue weighted by molar-refractivity contribution is 5.34. The van der Waals surface area contributed by atoms with Crippen molar-refractivity contribution in [2.75, 3.05) is 13.1 Å². The monoisotopic (exact) mass is 196 g/mol. The molecular weight excluding hydrogens is 184 g/mol. The molecule has 1 aliphatic rings. The summed E-state index contributed by atoms with van der Waals surface area (Å²) in [6.07, 6.45) is 3.16. The number of H-pyrrole nitrogens is 1. The number of nitro groups is 1. The zero-order valence-corrected chi connectivity index (χ0v) is 7.69. The lowest BCUT2D eigenvalue weighted by Crippen LogP contribution is -2.27. The van der Waals surface area contributed by atoms with Crippen LogP contribution in [0.3, 0.4) is 0 Å². The van der Waals surface area contributed by atoms with Gasteiger partial charge in [0.1, 0.15) is 11.9 Å². The van der Waals surface area contributed by atoms with Gasteiger partial charge < -0.3 is 5.32 Å². The minimum absolute atomic E-state index is 0.122. The fourth-order valence-electron chi connectivity index (χ4n) is 1.85. The maximum atomic E-state index is 10.7. The van der Waals surface area contributed by atoms with Crippen LogP contribution < -0.4 is 5.32 Å². The predicted octanol–water partition coefficient (Wildman–Crippen LogP) is 0.785. The molecule has 2 N–H and O–H groups in total. The molecule has 14 heavy (non-hydrogen) atoms. The molecule has 0 unspecified atom stereocenters. The Hall–Kier alpha value is -1.43. The van der Waals surface area contributed by atoms with Crippen molar-refractivity contribution in [3.8, 4) is 0 Å². The summed E-state index contributed by atoms with van der Waals surface area (Å²) < 4.78 is 0. The molecular formula is C8H12N4O2. The standard InChI is InChI=1S/C8H12N4O2/c13-12(14)7-5-10-11-8(7)6-1-3-9-4-2-6/h5-6,9H,1-4H2,(H,10,11). The SMILES string of the molecule is O=[N+]([O-])c1cn[nH]c1C1CCNCC1. The van der Waals surface area contributed by atoms with Crippen LogP contribution in [0.2, 0.25) is 0 Å². The second-order valence-corrected chi connectivity index (χ2v) is 3.45. The van der Waals surface area contributed by atoms with Gasteiger partial charge in [-0.1, -0.05) is 0 Å². The van der Waals surface area contributed by atoms with E-state index < -0.39 is 0 Å². The molecule has 1 saturated heterocycles. The molecule has 2 rings (SSSR count). The normalized spacial score (nSPS) is 18.3. The van der Waals surface area contributed by atoms with E-state index in [2.05, 4.69) is 15.5 Å². The van der Waals surface area contributed by atoms with E-state index in [0.29, 0.717) is 5.69 Å². The maximum absolute atomic E-state index is 10.7. The van der Waals surface area contributed by atoms with Gasteiger partial charge in [-0.25, -0.2) is 0 Å². The second-order valence-electron chi connectivity index (χ2n) is 3.45. The molecule has 0 atom stereocenters. The molecule has 0 aromatic carbocycles. The summed E-state index contributed by atoms with van der Waals surface area (Å²) >= 11 is 0. The fraction of sp³-hybridized carbons (Fsp3) is 0.625. The van der Waals surface area contributed by atoms with Crippen molar-refractivity contribution in [2.45, 2.75) is 18.8 Å². The van der Waals surface area contributed by atoms with E-state index in [0.717, 1.165) is 25.9 Å². The summed E-state index contributed by atoms with van der Waals surface area (Å²) in [6.45, 7) is 1.84. The summed E-state index contributed by atoms with van der Waals surface area (Å²) in [5.41, 5.74) is 0.799. The second kappa shape index (κ2) is 3.75. The molecule has 6 heteroatoms. The van der Waals surface area contributed by atoms with E-state index in [4.69, 9.17) is 0 Å². The Bertz CT molecular complexity index is 330. The molecule has 1 aromatic heterocycles. The average molecular weight is 196 g/mol. The van der Waals surface area contributed by atoms with Crippen LogP contribution in [0.15, 0.2) is 6.20 Å². The van der Waals surface area contributed by atoms with Crippen LogP contribution in [-0.4, -0.2) is 28.2 Å². The molecule has 2 heterocycles. The summed E-state index contributed by atoms with van der Waals surface area (Å²) in [5, 5.41) is 20.3. The first-order chi connectivity index (χ1) is 6.79. The Kier molecular flexibility index (Phi) is 2.45. The van der Waals surface area contributed by atoms with Crippen molar-refractivity contribution in [3.05, 3.63) is 22.0 Å². The number of nitrogens with zero attached hydrogens (tertiary/aromatic N) is 2. The highest BCUT2D eigenvalue weighted by atomic mass is 16.6. The first-order valence-electron chi connectivity index (χ1n) is 4.67. The molecule has 0 radical (unpaired) electrons. The van der Waals surface area contributed by atoms with Crippen LogP contribution in [0, 0.1) is 10.1 Å². The Labute approximate surface area is 80.9 Å². The highest BCUT2D eigenvalue weighted by Crippen LogP contribution is 2.29. The van der Waals surface area contributed by atoms with Gasteiger partial charge in [0.15, 0.2) is 0 Å². The smallest absolute Gasteiger partial charge is 0.310 e. The van der Waals surface area contributed by atoms with Crippen molar-refractivity contribution >= 4 is 5.69 Å². The fourth-order valence-corrected chi connectivity index (χ4v) is 1.85. The van der Waals surface area contributed by atoms with Gasteiger partial charge in [0, 0.05) is 5.92 Å². The number of hydrogen-bond acceptors (Lipinski definition) is 4. The molecule has 1 aromatic rings. The van der Waals surface area contributed by atoms with Gasteiger partial charge in [-0.15, -0.1) is 0 Å². The number of nitrogens with one attached hydrogen (secondary N) is 2. The molecule has 76 valence electrons. The van der Waals surface area contributed by atoms with E-state index in [1.54, 1.807) is 0 Å². The van der Waals surface area contributed by atoms with Gasteiger partial charge >= 0.3 is 5.69 Å². The molecule has 1 fully saturated rings. The Morgan fingerprint density at radius 2 is 2.21 bits per heavy atom. The van der Waals surface area contributed by atoms with Crippen LogP contribution in [0.5, 0.6) is 0 Å². The Morgan fingerprint density at radius 3 is 2.86 bits per heavy atom. The molecule has 6 nitrogen and oxygen atoms in total.